The van der Waals surface area contributed by atoms with Crippen LogP contribution in [0.3, 0.4) is 0 Å². The van der Waals surface area contributed by atoms with Crippen molar-refractivity contribution in [3.8, 4) is 5.75 Å². The van der Waals surface area contributed by atoms with Crippen molar-refractivity contribution in [1.82, 2.24) is 4.90 Å². The fourth-order valence-corrected chi connectivity index (χ4v) is 3.08. The molecule has 2 unspecified atom stereocenters. The number of ether oxygens (including phenoxy) is 1. The second-order valence-corrected chi connectivity index (χ2v) is 6.17. The number of likely N-dealkylation sites (tertiary alicyclic amines) is 1. The molecule has 1 saturated heterocycles. The molecular formula is C16H24N2OS. The summed E-state index contributed by atoms with van der Waals surface area (Å²) in [6, 6.07) is 6.75. The minimum absolute atomic E-state index is 0.383. The Morgan fingerprint density at radius 2 is 2.20 bits per heavy atom. The molecule has 2 rings (SSSR count). The Morgan fingerprint density at radius 3 is 2.85 bits per heavy atom. The second-order valence-electron chi connectivity index (χ2n) is 5.73. The van der Waals surface area contributed by atoms with Gasteiger partial charge < -0.3 is 10.5 Å². The number of piperidine rings is 1. The maximum atomic E-state index is 5.71. The van der Waals surface area contributed by atoms with Gasteiger partial charge in [0.25, 0.3) is 0 Å². The van der Waals surface area contributed by atoms with Gasteiger partial charge in [-0.2, -0.15) is 0 Å². The van der Waals surface area contributed by atoms with Crippen molar-refractivity contribution < 1.29 is 4.74 Å². The molecule has 1 fully saturated rings. The van der Waals surface area contributed by atoms with Crippen LogP contribution in [0.5, 0.6) is 5.75 Å². The molecule has 1 heterocycles. The Morgan fingerprint density at radius 1 is 1.45 bits per heavy atom. The lowest BCUT2D eigenvalue weighted by Crippen LogP contribution is -2.41. The number of thiocarbonyl (C=S) groups is 1. The number of nitrogens with two attached hydrogens (primary N) is 1. The van der Waals surface area contributed by atoms with E-state index in [4.69, 9.17) is 22.7 Å². The summed E-state index contributed by atoms with van der Waals surface area (Å²) in [6.07, 6.45) is 2.62. The van der Waals surface area contributed by atoms with Crippen molar-refractivity contribution in [3.63, 3.8) is 0 Å². The van der Waals surface area contributed by atoms with Gasteiger partial charge in [-0.3, -0.25) is 4.90 Å². The first-order chi connectivity index (χ1) is 9.52. The Kier molecular flexibility index (Phi) is 5.00. The third-order valence-corrected chi connectivity index (χ3v) is 4.64. The molecule has 0 saturated carbocycles. The number of nitrogens with zero attached hydrogens (tertiary/aromatic N) is 1. The van der Waals surface area contributed by atoms with Crippen molar-refractivity contribution in [2.75, 3.05) is 13.7 Å². The summed E-state index contributed by atoms with van der Waals surface area (Å²) in [5.74, 6) is 1.54. The summed E-state index contributed by atoms with van der Waals surface area (Å²) in [5.41, 5.74) is 7.77. The van der Waals surface area contributed by atoms with Crippen LogP contribution in [-0.2, 0) is 6.54 Å². The third-order valence-electron chi connectivity index (χ3n) is 4.42. The fraction of sp³-hybridized carbons (Fsp3) is 0.562. The number of hydrogen-bond donors (Lipinski definition) is 1. The van der Waals surface area contributed by atoms with E-state index in [9.17, 15) is 0 Å². The van der Waals surface area contributed by atoms with Crippen LogP contribution in [0, 0.1) is 5.92 Å². The van der Waals surface area contributed by atoms with E-state index < -0.39 is 0 Å². The zero-order valence-corrected chi connectivity index (χ0v) is 13.4. The normalized spacial score (nSPS) is 23.6. The lowest BCUT2D eigenvalue weighted by molar-refractivity contribution is 0.106. The molecule has 0 radical (unpaired) electrons. The van der Waals surface area contributed by atoms with Gasteiger partial charge in [-0.15, -0.1) is 0 Å². The molecule has 2 N–H and O–H groups in total. The van der Waals surface area contributed by atoms with Crippen LogP contribution < -0.4 is 10.5 Å². The minimum atomic E-state index is 0.383. The molecule has 1 aliphatic heterocycles. The summed E-state index contributed by atoms with van der Waals surface area (Å²) in [5, 5.41) is 0. The van der Waals surface area contributed by atoms with Gasteiger partial charge >= 0.3 is 0 Å². The van der Waals surface area contributed by atoms with Gasteiger partial charge in [0.2, 0.25) is 0 Å². The zero-order valence-electron chi connectivity index (χ0n) is 12.6. The maximum absolute atomic E-state index is 5.71. The van der Waals surface area contributed by atoms with Crippen LogP contribution >= 0.6 is 12.2 Å². The number of benzene rings is 1. The average Bonchev–Trinajstić information content (AvgIpc) is 2.43. The van der Waals surface area contributed by atoms with Crippen LogP contribution in [0.25, 0.3) is 0 Å². The Labute approximate surface area is 127 Å². The van der Waals surface area contributed by atoms with Crippen LogP contribution in [0.15, 0.2) is 18.2 Å². The molecule has 1 aliphatic rings. The summed E-state index contributed by atoms with van der Waals surface area (Å²) in [6.45, 7) is 6.79. The molecule has 0 aromatic heterocycles. The maximum Gasteiger partial charge on any atom is 0.129 e. The smallest absolute Gasteiger partial charge is 0.129 e. The molecule has 1 aromatic rings. The van der Waals surface area contributed by atoms with Crippen molar-refractivity contribution >= 4 is 17.2 Å². The molecule has 0 amide bonds. The van der Waals surface area contributed by atoms with Gasteiger partial charge in [0, 0.05) is 12.6 Å². The Balaban J connectivity index is 2.15. The molecule has 0 spiro atoms. The van der Waals surface area contributed by atoms with Crippen LogP contribution in [0.4, 0.5) is 0 Å². The number of rotatable bonds is 4. The number of methoxy groups -OCH3 is 1. The van der Waals surface area contributed by atoms with E-state index in [1.807, 2.05) is 6.07 Å². The van der Waals surface area contributed by atoms with E-state index in [1.54, 1.807) is 7.11 Å². The van der Waals surface area contributed by atoms with Gasteiger partial charge in [-0.1, -0.05) is 25.2 Å². The van der Waals surface area contributed by atoms with Crippen LogP contribution in [0.2, 0.25) is 0 Å². The zero-order chi connectivity index (χ0) is 14.7. The largest absolute Gasteiger partial charge is 0.496 e. The van der Waals surface area contributed by atoms with Crippen molar-refractivity contribution in [3.05, 3.63) is 29.3 Å². The van der Waals surface area contributed by atoms with Crippen LogP contribution in [-0.4, -0.2) is 29.6 Å². The highest BCUT2D eigenvalue weighted by atomic mass is 32.1. The monoisotopic (exact) mass is 292 g/mol. The summed E-state index contributed by atoms with van der Waals surface area (Å²) in [4.78, 5) is 2.93. The number of hydrogen-bond acceptors (Lipinski definition) is 3. The first-order valence-electron chi connectivity index (χ1n) is 7.23. The average molecular weight is 292 g/mol. The minimum Gasteiger partial charge on any atom is -0.496 e. The Bertz CT molecular complexity index is 489. The van der Waals surface area contributed by atoms with E-state index in [0.29, 0.717) is 11.0 Å². The van der Waals surface area contributed by atoms with Crippen molar-refractivity contribution in [1.29, 1.82) is 0 Å². The van der Waals surface area contributed by atoms with Gasteiger partial charge in [-0.05, 0) is 49.9 Å². The van der Waals surface area contributed by atoms with E-state index >= 15 is 0 Å². The first kappa shape index (κ1) is 15.3. The standard InChI is InChI=1S/C16H24N2OS/c1-11-5-4-8-18(12(11)2)10-13-6-7-14(16(17)20)15(9-13)19-3/h6-7,9,11-12H,4-5,8,10H2,1-3H3,(H2,17,20). The van der Waals surface area contributed by atoms with E-state index in [-0.39, 0.29) is 0 Å². The SMILES string of the molecule is COc1cc(CN2CCCC(C)C2C)ccc1C(N)=S. The van der Waals surface area contributed by atoms with Gasteiger partial charge in [0.1, 0.15) is 10.7 Å². The summed E-state index contributed by atoms with van der Waals surface area (Å²) >= 11 is 5.04. The molecule has 1 aromatic carbocycles. The molecule has 3 nitrogen and oxygen atoms in total. The molecule has 20 heavy (non-hydrogen) atoms. The Hall–Kier alpha value is -1.13. The van der Waals surface area contributed by atoms with E-state index in [2.05, 4.69) is 30.9 Å². The van der Waals surface area contributed by atoms with Gasteiger partial charge in [0.15, 0.2) is 0 Å². The summed E-state index contributed by atoms with van der Waals surface area (Å²) in [7, 11) is 1.66. The van der Waals surface area contributed by atoms with Crippen molar-refractivity contribution in [2.24, 2.45) is 11.7 Å². The molecular weight excluding hydrogens is 268 g/mol. The second kappa shape index (κ2) is 6.55. The topological polar surface area (TPSA) is 38.5 Å². The molecule has 0 aliphatic carbocycles. The quantitative estimate of drug-likeness (QED) is 0.866. The van der Waals surface area contributed by atoms with Crippen LogP contribution in [0.1, 0.15) is 37.8 Å². The highest BCUT2D eigenvalue weighted by Gasteiger charge is 2.24. The predicted molar refractivity (Wildman–Crippen MR) is 87.2 cm³/mol. The lowest BCUT2D eigenvalue weighted by atomic mass is 9.91. The first-order valence-corrected chi connectivity index (χ1v) is 7.64. The molecule has 0 bridgehead atoms. The van der Waals surface area contributed by atoms with Gasteiger partial charge in [0.05, 0.1) is 12.7 Å². The third kappa shape index (κ3) is 3.30. The molecule has 110 valence electrons. The van der Waals surface area contributed by atoms with Gasteiger partial charge in [-0.25, -0.2) is 0 Å². The summed E-state index contributed by atoms with van der Waals surface area (Å²) < 4.78 is 5.40. The van der Waals surface area contributed by atoms with E-state index in [0.717, 1.165) is 23.8 Å². The fourth-order valence-electron chi connectivity index (χ4n) is 2.92. The molecule has 4 heteroatoms. The van der Waals surface area contributed by atoms with E-state index in [1.165, 1.54) is 24.9 Å². The highest BCUT2D eigenvalue weighted by Crippen LogP contribution is 2.26. The molecule has 2 atom stereocenters. The predicted octanol–water partition coefficient (Wildman–Crippen LogP) is 2.95. The van der Waals surface area contributed by atoms with Crippen molar-refractivity contribution in [2.45, 2.75) is 39.3 Å². The lowest BCUT2D eigenvalue weighted by Gasteiger charge is -2.38. The highest BCUT2D eigenvalue weighted by molar-refractivity contribution is 7.80.